The summed E-state index contributed by atoms with van der Waals surface area (Å²) in [5.41, 5.74) is 3.27. The normalized spacial score (nSPS) is 34.6. The molecule has 4 nitrogen and oxygen atoms in total. The van der Waals surface area contributed by atoms with Crippen molar-refractivity contribution >= 4 is 5.97 Å². The van der Waals surface area contributed by atoms with E-state index in [1.807, 2.05) is 6.07 Å². The van der Waals surface area contributed by atoms with Gasteiger partial charge < -0.3 is 14.3 Å². The van der Waals surface area contributed by atoms with Gasteiger partial charge in [0.1, 0.15) is 5.76 Å². The van der Waals surface area contributed by atoms with Crippen molar-refractivity contribution in [1.82, 2.24) is 0 Å². The van der Waals surface area contributed by atoms with Crippen LogP contribution in [0.3, 0.4) is 0 Å². The highest BCUT2D eigenvalue weighted by Crippen LogP contribution is 2.58. The molecule has 1 fully saturated rings. The number of hydrogen-bond donors (Lipinski definition) is 1. The van der Waals surface area contributed by atoms with Crippen LogP contribution in [-0.2, 0) is 16.0 Å². The number of aliphatic hydroxyl groups excluding tert-OH is 1. The van der Waals surface area contributed by atoms with Crippen molar-refractivity contribution < 1.29 is 19.1 Å². The van der Waals surface area contributed by atoms with Crippen molar-refractivity contribution in [2.45, 2.75) is 65.4 Å². The van der Waals surface area contributed by atoms with Gasteiger partial charge in [-0.3, -0.25) is 0 Å². The van der Waals surface area contributed by atoms with E-state index in [-0.39, 0.29) is 23.6 Å². The maximum Gasteiger partial charge on any atom is 0.338 e. The number of rotatable bonds is 5. The van der Waals surface area contributed by atoms with E-state index >= 15 is 0 Å². The van der Waals surface area contributed by atoms with Crippen LogP contribution >= 0.6 is 0 Å². The predicted molar refractivity (Wildman–Crippen MR) is 112 cm³/mol. The Morgan fingerprint density at radius 2 is 2.14 bits per heavy atom. The molecule has 2 aliphatic carbocycles. The van der Waals surface area contributed by atoms with Crippen molar-refractivity contribution in [3.63, 3.8) is 0 Å². The maximum atomic E-state index is 12.5. The van der Waals surface area contributed by atoms with Crippen LogP contribution in [-0.4, -0.2) is 16.7 Å². The topological polar surface area (TPSA) is 59.7 Å². The molecule has 5 atom stereocenters. The Labute approximate surface area is 173 Å². The first-order valence-corrected chi connectivity index (χ1v) is 10.8. The third-order valence-corrected chi connectivity index (χ3v) is 7.37. The third-order valence-electron chi connectivity index (χ3n) is 7.37. The second-order valence-corrected chi connectivity index (χ2v) is 9.28. The zero-order valence-corrected chi connectivity index (χ0v) is 17.9. The third kappa shape index (κ3) is 3.27. The van der Waals surface area contributed by atoms with E-state index in [1.54, 1.807) is 19.5 Å². The first-order valence-electron chi connectivity index (χ1n) is 10.8. The Morgan fingerprint density at radius 1 is 1.34 bits per heavy atom. The Hall–Kier alpha value is -2.23. The Kier molecular flexibility index (Phi) is 5.22. The van der Waals surface area contributed by atoms with Gasteiger partial charge in [0, 0.05) is 11.8 Å². The summed E-state index contributed by atoms with van der Waals surface area (Å²) in [5, 5.41) is 11.1. The number of ether oxygens (including phenoxy) is 1. The van der Waals surface area contributed by atoms with Gasteiger partial charge in [0.05, 0.1) is 18.1 Å². The molecule has 1 aliphatic heterocycles. The molecular formula is C25H32O4. The maximum absolute atomic E-state index is 12.5. The lowest BCUT2D eigenvalue weighted by Crippen LogP contribution is -2.52. The molecule has 156 valence electrons. The highest BCUT2D eigenvalue weighted by Gasteiger charge is 2.62. The predicted octanol–water partition coefficient (Wildman–Crippen LogP) is 5.91. The van der Waals surface area contributed by atoms with E-state index in [2.05, 4.69) is 32.9 Å². The van der Waals surface area contributed by atoms with E-state index in [4.69, 9.17) is 9.15 Å². The molecule has 1 saturated carbocycles. The minimum Gasteiger partial charge on any atom is -0.507 e. The molecule has 0 saturated heterocycles. The van der Waals surface area contributed by atoms with Crippen LogP contribution in [0, 0.1) is 23.7 Å². The zero-order chi connectivity index (χ0) is 20.8. The van der Waals surface area contributed by atoms with Crippen molar-refractivity contribution in [1.29, 1.82) is 0 Å². The second-order valence-electron chi connectivity index (χ2n) is 9.28. The molecule has 4 heteroatoms. The molecule has 2 heterocycles. The molecule has 0 aromatic carbocycles. The monoisotopic (exact) mass is 396 g/mol. The number of allylic oxidation sites excluding steroid dienone is 2. The summed E-state index contributed by atoms with van der Waals surface area (Å²) >= 11 is 0. The van der Waals surface area contributed by atoms with Gasteiger partial charge in [-0.1, -0.05) is 30.2 Å². The van der Waals surface area contributed by atoms with Crippen LogP contribution in [0.15, 0.2) is 57.6 Å². The SMILES string of the molecule is CC1=CC(/C=C(\C)CCCc2ccoc2)C2(OC(=O)C(C)=C2O)C2C(C)CCC12. The van der Waals surface area contributed by atoms with Crippen molar-refractivity contribution in [2.75, 3.05) is 0 Å². The molecule has 1 aromatic rings. The quantitative estimate of drug-likeness (QED) is 0.496. The molecule has 4 rings (SSSR count). The molecule has 1 spiro atoms. The fourth-order valence-corrected chi connectivity index (χ4v) is 5.87. The van der Waals surface area contributed by atoms with Gasteiger partial charge >= 0.3 is 5.97 Å². The molecular weight excluding hydrogens is 364 g/mol. The minimum atomic E-state index is -0.937. The largest absolute Gasteiger partial charge is 0.507 e. The minimum absolute atomic E-state index is 0.125. The van der Waals surface area contributed by atoms with Gasteiger partial charge in [0.2, 0.25) is 0 Å². The van der Waals surface area contributed by atoms with Crippen molar-refractivity contribution in [2.24, 2.45) is 23.7 Å². The number of aryl methyl sites for hydroxylation is 1. The highest BCUT2D eigenvalue weighted by atomic mass is 16.6. The van der Waals surface area contributed by atoms with Gasteiger partial charge in [-0.05, 0) is 76.3 Å². The summed E-state index contributed by atoms with van der Waals surface area (Å²) in [4.78, 5) is 12.5. The number of furan rings is 1. The lowest BCUT2D eigenvalue weighted by Gasteiger charge is -2.46. The van der Waals surface area contributed by atoms with E-state index in [0.717, 1.165) is 32.1 Å². The standard InChI is InChI=1S/C25H32O4/c1-15(6-5-7-19-10-11-28-14-19)12-20-13-17(3)21-9-8-16(2)22(21)25(20)23(26)18(4)24(27)29-25/h10-14,16,20-22,26H,5-9H2,1-4H3/b15-12+. The second kappa shape index (κ2) is 7.55. The van der Waals surface area contributed by atoms with E-state index in [1.165, 1.54) is 16.7 Å². The number of hydrogen-bond acceptors (Lipinski definition) is 4. The fraction of sp³-hybridized carbons (Fsp3) is 0.560. The van der Waals surface area contributed by atoms with E-state index in [0.29, 0.717) is 17.4 Å². The smallest absolute Gasteiger partial charge is 0.338 e. The zero-order valence-electron chi connectivity index (χ0n) is 17.9. The summed E-state index contributed by atoms with van der Waals surface area (Å²) in [7, 11) is 0. The number of carbonyl (C=O) groups is 1. The summed E-state index contributed by atoms with van der Waals surface area (Å²) in [6, 6.07) is 2.01. The lowest BCUT2D eigenvalue weighted by molar-refractivity contribution is -0.160. The van der Waals surface area contributed by atoms with Crippen LogP contribution in [0.1, 0.15) is 58.9 Å². The van der Waals surface area contributed by atoms with Crippen LogP contribution in [0.2, 0.25) is 0 Å². The Balaban J connectivity index is 1.64. The Bertz CT molecular complexity index is 873. The lowest BCUT2D eigenvalue weighted by atomic mass is 9.62. The Morgan fingerprint density at radius 3 is 2.79 bits per heavy atom. The average Bonchev–Trinajstić information content (AvgIpc) is 3.38. The molecule has 0 radical (unpaired) electrons. The molecule has 3 aliphatic rings. The van der Waals surface area contributed by atoms with Gasteiger partial charge in [-0.2, -0.15) is 0 Å². The first kappa shape index (κ1) is 20.1. The molecule has 0 bridgehead atoms. The van der Waals surface area contributed by atoms with Crippen LogP contribution in [0.5, 0.6) is 0 Å². The van der Waals surface area contributed by atoms with Crippen molar-refractivity contribution in [3.05, 3.63) is 58.8 Å². The average molecular weight is 397 g/mol. The fourth-order valence-electron chi connectivity index (χ4n) is 5.87. The molecule has 1 N–H and O–H groups in total. The van der Waals surface area contributed by atoms with Crippen LogP contribution < -0.4 is 0 Å². The highest BCUT2D eigenvalue weighted by molar-refractivity contribution is 5.92. The van der Waals surface area contributed by atoms with E-state index < -0.39 is 5.60 Å². The number of carbonyl (C=O) groups excluding carboxylic acids is 1. The molecule has 29 heavy (non-hydrogen) atoms. The summed E-state index contributed by atoms with van der Waals surface area (Å²) in [5.74, 6) is 0.568. The summed E-state index contributed by atoms with van der Waals surface area (Å²) < 4.78 is 11.2. The first-order chi connectivity index (χ1) is 13.8. The molecule has 1 aromatic heterocycles. The van der Waals surface area contributed by atoms with Gasteiger partial charge in [0.25, 0.3) is 0 Å². The summed E-state index contributed by atoms with van der Waals surface area (Å²) in [6.07, 6.45) is 13.1. The van der Waals surface area contributed by atoms with Crippen molar-refractivity contribution in [3.8, 4) is 0 Å². The van der Waals surface area contributed by atoms with E-state index in [9.17, 15) is 9.90 Å². The number of fused-ring (bicyclic) bond motifs is 2. The van der Waals surface area contributed by atoms with Crippen LogP contribution in [0.25, 0.3) is 0 Å². The van der Waals surface area contributed by atoms with Gasteiger partial charge in [-0.25, -0.2) is 4.79 Å². The van der Waals surface area contributed by atoms with Gasteiger partial charge in [-0.15, -0.1) is 0 Å². The molecule has 5 unspecified atom stereocenters. The molecule has 0 amide bonds. The summed E-state index contributed by atoms with van der Waals surface area (Å²) in [6.45, 7) is 8.26. The van der Waals surface area contributed by atoms with Gasteiger partial charge in [0.15, 0.2) is 5.60 Å². The number of aliphatic hydroxyl groups is 1. The van der Waals surface area contributed by atoms with Crippen LogP contribution in [0.4, 0.5) is 0 Å². The number of esters is 1.